The largest absolute Gasteiger partial charge is 0.497 e. The van der Waals surface area contributed by atoms with Gasteiger partial charge in [0.15, 0.2) is 5.69 Å². The number of rotatable bonds is 9. The van der Waals surface area contributed by atoms with E-state index in [0.29, 0.717) is 17.0 Å². The van der Waals surface area contributed by atoms with Crippen LogP contribution in [0.2, 0.25) is 0 Å². The lowest BCUT2D eigenvalue weighted by Crippen LogP contribution is -2.46. The van der Waals surface area contributed by atoms with Gasteiger partial charge in [-0.25, -0.2) is 0 Å². The van der Waals surface area contributed by atoms with Crippen LogP contribution < -0.4 is 26.0 Å². The molecule has 2 saturated carbocycles. The molecule has 3 aromatic rings. The molecule has 2 fully saturated rings. The third-order valence-electron chi connectivity index (χ3n) is 8.56. The quantitative estimate of drug-likeness (QED) is 0.281. The Kier molecular flexibility index (Phi) is 9.65. The highest BCUT2D eigenvalue weighted by Gasteiger charge is 2.38. The van der Waals surface area contributed by atoms with Crippen molar-refractivity contribution in [2.45, 2.75) is 89.8 Å². The Morgan fingerprint density at radius 2 is 1.56 bits per heavy atom. The van der Waals surface area contributed by atoms with E-state index < -0.39 is 11.9 Å². The number of hydrogen-bond donors (Lipinski definition) is 3. The molecule has 43 heavy (non-hydrogen) atoms. The molecular formula is C33H41N5O4S. The molecule has 9 nitrogen and oxygen atoms in total. The summed E-state index contributed by atoms with van der Waals surface area (Å²) in [6, 6.07) is 12.1. The molecule has 2 aliphatic carbocycles. The fourth-order valence-corrected chi connectivity index (χ4v) is 6.86. The maximum Gasteiger partial charge on any atom is 0.273 e. The maximum absolute atomic E-state index is 14.6. The van der Waals surface area contributed by atoms with Gasteiger partial charge in [-0.15, -0.1) is 0 Å². The predicted molar refractivity (Wildman–Crippen MR) is 170 cm³/mol. The SMILES string of the molecule is COc1ccc([C@@H](C(=O)NC2CCCC2)N(C(=O)c2snc(C(=O)NC3CCCCC3)c2N)c2cc(C)ccc2C)cc1. The molecule has 0 aliphatic heterocycles. The third-order valence-corrected chi connectivity index (χ3v) is 9.41. The summed E-state index contributed by atoms with van der Waals surface area (Å²) in [7, 11) is 1.58. The molecule has 10 heteroatoms. The number of benzene rings is 2. The van der Waals surface area contributed by atoms with Crippen molar-refractivity contribution in [2.75, 3.05) is 17.7 Å². The summed E-state index contributed by atoms with van der Waals surface area (Å²) in [6.45, 7) is 3.86. The van der Waals surface area contributed by atoms with Gasteiger partial charge in [-0.3, -0.25) is 19.3 Å². The summed E-state index contributed by atoms with van der Waals surface area (Å²) >= 11 is 0.892. The van der Waals surface area contributed by atoms with Crippen LogP contribution in [0.3, 0.4) is 0 Å². The van der Waals surface area contributed by atoms with Crippen LogP contribution in [-0.4, -0.2) is 41.3 Å². The van der Waals surface area contributed by atoms with Crippen molar-refractivity contribution in [3.05, 3.63) is 69.7 Å². The van der Waals surface area contributed by atoms with Crippen LogP contribution in [0, 0.1) is 13.8 Å². The lowest BCUT2D eigenvalue weighted by atomic mass is 9.95. The molecular weight excluding hydrogens is 562 g/mol. The molecule has 0 unspecified atom stereocenters. The van der Waals surface area contributed by atoms with Gasteiger partial charge in [-0.05, 0) is 86.0 Å². The normalized spacial score (nSPS) is 16.4. The van der Waals surface area contributed by atoms with Gasteiger partial charge in [0.1, 0.15) is 16.7 Å². The summed E-state index contributed by atoms with van der Waals surface area (Å²) in [5.41, 5.74) is 9.57. The zero-order chi connectivity index (χ0) is 30.5. The average molecular weight is 604 g/mol. The van der Waals surface area contributed by atoms with Gasteiger partial charge in [-0.2, -0.15) is 4.37 Å². The minimum absolute atomic E-state index is 0.0308. The van der Waals surface area contributed by atoms with Crippen molar-refractivity contribution < 1.29 is 19.1 Å². The lowest BCUT2D eigenvalue weighted by Gasteiger charge is -2.33. The second kappa shape index (κ2) is 13.6. The molecule has 0 radical (unpaired) electrons. The molecule has 2 aromatic carbocycles. The second-order valence-electron chi connectivity index (χ2n) is 11.7. The molecule has 5 rings (SSSR count). The van der Waals surface area contributed by atoms with E-state index in [1.807, 2.05) is 44.2 Å². The van der Waals surface area contributed by atoms with Crippen LogP contribution in [0.15, 0.2) is 42.5 Å². The molecule has 0 saturated heterocycles. The Morgan fingerprint density at radius 1 is 0.930 bits per heavy atom. The molecule has 4 N–H and O–H groups in total. The summed E-state index contributed by atoms with van der Waals surface area (Å²) in [6.07, 6.45) is 9.07. The second-order valence-corrected chi connectivity index (χ2v) is 12.5. The van der Waals surface area contributed by atoms with Crippen molar-refractivity contribution in [2.24, 2.45) is 0 Å². The Labute approximate surface area is 257 Å². The first-order valence-corrected chi connectivity index (χ1v) is 15.9. The van der Waals surface area contributed by atoms with Crippen LogP contribution in [-0.2, 0) is 4.79 Å². The Hall–Kier alpha value is -3.92. The summed E-state index contributed by atoms with van der Waals surface area (Å²) < 4.78 is 9.71. The molecule has 0 spiro atoms. The summed E-state index contributed by atoms with van der Waals surface area (Å²) in [5, 5.41) is 6.26. The molecule has 2 aliphatic rings. The zero-order valence-corrected chi connectivity index (χ0v) is 26.0. The molecule has 1 heterocycles. The number of carbonyl (C=O) groups excluding carboxylic acids is 3. The van der Waals surface area contributed by atoms with Gasteiger partial charge in [0.05, 0.1) is 12.8 Å². The van der Waals surface area contributed by atoms with Crippen LogP contribution in [0.4, 0.5) is 11.4 Å². The number of aromatic nitrogens is 1. The van der Waals surface area contributed by atoms with Crippen molar-refractivity contribution in [3.8, 4) is 5.75 Å². The standard InChI is InChI=1S/C33H41N5O4S/c1-20-13-14-21(2)26(19-20)38(29(22-15-17-25(42-3)18-16-22)32(40)36-24-11-7-8-12-24)33(41)30-27(34)28(37-43-30)31(39)35-23-9-5-4-6-10-23/h13-19,23-24,29H,4-12,34H2,1-3H3,(H,35,39)(H,36,40)/t29-/m0/s1. The summed E-state index contributed by atoms with van der Waals surface area (Å²) in [5.74, 6) is -0.486. The van der Waals surface area contributed by atoms with Crippen molar-refractivity contribution in [1.82, 2.24) is 15.0 Å². The van der Waals surface area contributed by atoms with E-state index in [9.17, 15) is 14.4 Å². The van der Waals surface area contributed by atoms with Gasteiger partial charge >= 0.3 is 0 Å². The van der Waals surface area contributed by atoms with Crippen LogP contribution in [0.5, 0.6) is 5.75 Å². The Balaban J connectivity index is 1.56. The van der Waals surface area contributed by atoms with E-state index in [-0.39, 0.29) is 40.2 Å². The number of ether oxygens (including phenoxy) is 1. The summed E-state index contributed by atoms with van der Waals surface area (Å²) in [4.78, 5) is 43.6. The average Bonchev–Trinajstić information content (AvgIpc) is 3.67. The van der Waals surface area contributed by atoms with Gasteiger partial charge in [0, 0.05) is 17.8 Å². The van der Waals surface area contributed by atoms with E-state index >= 15 is 0 Å². The zero-order valence-electron chi connectivity index (χ0n) is 25.2. The van der Waals surface area contributed by atoms with E-state index in [2.05, 4.69) is 15.0 Å². The maximum atomic E-state index is 14.6. The fourth-order valence-electron chi connectivity index (χ4n) is 6.12. The number of anilines is 2. The van der Waals surface area contributed by atoms with E-state index in [1.54, 1.807) is 19.2 Å². The van der Waals surface area contributed by atoms with Gasteiger partial charge in [-0.1, -0.05) is 56.4 Å². The van der Waals surface area contributed by atoms with Gasteiger partial charge in [0.2, 0.25) is 5.91 Å². The van der Waals surface area contributed by atoms with Crippen molar-refractivity contribution >= 4 is 40.6 Å². The number of nitrogens with one attached hydrogen (secondary N) is 2. The molecule has 3 amide bonds. The number of carbonyl (C=O) groups is 3. The minimum Gasteiger partial charge on any atom is -0.497 e. The first-order valence-electron chi connectivity index (χ1n) is 15.2. The number of nitrogens with zero attached hydrogens (tertiary/aromatic N) is 2. The fraction of sp³-hybridized carbons (Fsp3) is 0.455. The number of amides is 3. The monoisotopic (exact) mass is 603 g/mol. The lowest BCUT2D eigenvalue weighted by molar-refractivity contribution is -0.123. The first-order chi connectivity index (χ1) is 20.8. The minimum atomic E-state index is -1.000. The van der Waals surface area contributed by atoms with Crippen LogP contribution in [0.25, 0.3) is 0 Å². The molecule has 1 aromatic heterocycles. The van der Waals surface area contributed by atoms with Gasteiger partial charge in [0.25, 0.3) is 11.8 Å². The first kappa shape index (κ1) is 30.5. The molecule has 0 bridgehead atoms. The highest BCUT2D eigenvalue weighted by molar-refractivity contribution is 7.09. The smallest absolute Gasteiger partial charge is 0.273 e. The highest BCUT2D eigenvalue weighted by atomic mass is 32.1. The highest BCUT2D eigenvalue weighted by Crippen LogP contribution is 2.36. The van der Waals surface area contributed by atoms with Crippen molar-refractivity contribution in [1.29, 1.82) is 0 Å². The third kappa shape index (κ3) is 6.85. The van der Waals surface area contributed by atoms with Crippen molar-refractivity contribution in [3.63, 3.8) is 0 Å². The van der Waals surface area contributed by atoms with E-state index in [0.717, 1.165) is 74.0 Å². The van der Waals surface area contributed by atoms with E-state index in [1.165, 1.54) is 11.3 Å². The number of hydrogen-bond acceptors (Lipinski definition) is 7. The predicted octanol–water partition coefficient (Wildman–Crippen LogP) is 5.86. The number of nitrogen functional groups attached to an aromatic ring is 1. The molecule has 1 atom stereocenters. The van der Waals surface area contributed by atoms with Crippen LogP contribution >= 0.6 is 11.5 Å². The van der Waals surface area contributed by atoms with E-state index in [4.69, 9.17) is 10.5 Å². The Morgan fingerprint density at radius 3 is 2.21 bits per heavy atom. The van der Waals surface area contributed by atoms with Gasteiger partial charge < -0.3 is 21.1 Å². The number of methoxy groups -OCH3 is 1. The topological polar surface area (TPSA) is 127 Å². The Bertz CT molecular complexity index is 1460. The number of nitrogens with two attached hydrogens (primary N) is 1. The van der Waals surface area contributed by atoms with Crippen LogP contribution in [0.1, 0.15) is 101 Å². The molecule has 228 valence electrons. The number of aryl methyl sites for hydroxylation is 2.